The van der Waals surface area contributed by atoms with Gasteiger partial charge in [-0.25, -0.2) is 0 Å². The topological polar surface area (TPSA) is 52.6 Å². The highest BCUT2D eigenvalue weighted by molar-refractivity contribution is 5.72. The van der Waals surface area contributed by atoms with Crippen LogP contribution in [-0.2, 0) is 25.5 Å². The van der Waals surface area contributed by atoms with Crippen molar-refractivity contribution < 1.29 is 19.1 Å². The molecule has 0 saturated carbocycles. The molecule has 0 atom stereocenters. The molecule has 0 aromatic heterocycles. The van der Waals surface area contributed by atoms with Crippen LogP contribution in [0.1, 0.15) is 83.1 Å². The van der Waals surface area contributed by atoms with Gasteiger partial charge in [0.1, 0.15) is 0 Å². The van der Waals surface area contributed by atoms with Gasteiger partial charge in [0.15, 0.2) is 0 Å². The SMILES string of the molecule is CCCCCC=CCC=CCC=CCCCCC(=O)OCCCOC(=O)Cc1ccccc1. The fourth-order valence-corrected chi connectivity index (χ4v) is 3.14. The van der Waals surface area contributed by atoms with E-state index in [2.05, 4.69) is 43.4 Å². The molecule has 1 aromatic carbocycles. The van der Waals surface area contributed by atoms with Crippen molar-refractivity contribution in [3.05, 3.63) is 72.4 Å². The second kappa shape index (κ2) is 21.2. The number of esters is 2. The zero-order valence-electron chi connectivity index (χ0n) is 20.4. The Kier molecular flexibility index (Phi) is 18.3. The first-order valence-corrected chi connectivity index (χ1v) is 12.5. The van der Waals surface area contributed by atoms with E-state index < -0.39 is 0 Å². The van der Waals surface area contributed by atoms with E-state index in [9.17, 15) is 9.59 Å². The summed E-state index contributed by atoms with van der Waals surface area (Å²) in [5.74, 6) is -0.439. The number of hydrogen-bond acceptors (Lipinski definition) is 4. The molecule has 0 unspecified atom stereocenters. The molecule has 182 valence electrons. The van der Waals surface area contributed by atoms with Crippen molar-refractivity contribution >= 4 is 11.9 Å². The summed E-state index contributed by atoms with van der Waals surface area (Å²) in [5, 5.41) is 0. The lowest BCUT2D eigenvalue weighted by molar-refractivity contribution is -0.145. The second-order valence-electron chi connectivity index (χ2n) is 8.08. The molecule has 0 spiro atoms. The summed E-state index contributed by atoms with van der Waals surface area (Å²) in [7, 11) is 0. The molecule has 0 fully saturated rings. The highest BCUT2D eigenvalue weighted by Crippen LogP contribution is 2.05. The first-order chi connectivity index (χ1) is 16.2. The van der Waals surface area contributed by atoms with Crippen molar-refractivity contribution in [1.82, 2.24) is 0 Å². The van der Waals surface area contributed by atoms with E-state index in [1.807, 2.05) is 30.3 Å². The molecular weight excluding hydrogens is 412 g/mol. The van der Waals surface area contributed by atoms with Gasteiger partial charge >= 0.3 is 11.9 Å². The molecule has 33 heavy (non-hydrogen) atoms. The van der Waals surface area contributed by atoms with Crippen LogP contribution in [0, 0.1) is 0 Å². The molecule has 0 aliphatic carbocycles. The van der Waals surface area contributed by atoms with Crippen LogP contribution < -0.4 is 0 Å². The summed E-state index contributed by atoms with van der Waals surface area (Å²) in [6.07, 6.45) is 24.4. The molecule has 0 N–H and O–H groups in total. The van der Waals surface area contributed by atoms with Crippen molar-refractivity contribution in [2.24, 2.45) is 0 Å². The Bertz CT molecular complexity index is 704. The predicted molar refractivity (Wildman–Crippen MR) is 136 cm³/mol. The minimum Gasteiger partial charge on any atom is -0.466 e. The van der Waals surface area contributed by atoms with Gasteiger partial charge in [0.25, 0.3) is 0 Å². The quantitative estimate of drug-likeness (QED) is 0.125. The number of rotatable bonds is 19. The zero-order valence-corrected chi connectivity index (χ0v) is 20.4. The zero-order chi connectivity index (χ0) is 23.8. The fraction of sp³-hybridized carbons (Fsp3) is 0.517. The predicted octanol–water partition coefficient (Wildman–Crippen LogP) is 7.30. The summed E-state index contributed by atoms with van der Waals surface area (Å²) < 4.78 is 10.4. The van der Waals surface area contributed by atoms with Gasteiger partial charge in [0, 0.05) is 12.8 Å². The summed E-state index contributed by atoms with van der Waals surface area (Å²) in [4.78, 5) is 23.5. The lowest BCUT2D eigenvalue weighted by atomic mass is 10.1. The summed E-state index contributed by atoms with van der Waals surface area (Å²) in [6, 6.07) is 9.49. The minimum atomic E-state index is -0.259. The fourth-order valence-electron chi connectivity index (χ4n) is 3.14. The smallest absolute Gasteiger partial charge is 0.310 e. The number of hydrogen-bond donors (Lipinski definition) is 0. The van der Waals surface area contributed by atoms with Crippen LogP contribution in [0.2, 0.25) is 0 Å². The van der Waals surface area contributed by atoms with Crippen molar-refractivity contribution in [2.45, 2.75) is 84.0 Å². The van der Waals surface area contributed by atoms with Gasteiger partial charge in [-0.15, -0.1) is 0 Å². The lowest BCUT2D eigenvalue weighted by Gasteiger charge is -2.06. The Hall–Kier alpha value is -2.62. The van der Waals surface area contributed by atoms with Gasteiger partial charge in [-0.3, -0.25) is 9.59 Å². The molecule has 1 aromatic rings. The molecular formula is C29H42O4. The van der Waals surface area contributed by atoms with Crippen molar-refractivity contribution in [2.75, 3.05) is 13.2 Å². The maximum atomic E-state index is 11.8. The molecule has 4 heteroatoms. The van der Waals surface area contributed by atoms with Crippen LogP contribution in [0.4, 0.5) is 0 Å². The first-order valence-electron chi connectivity index (χ1n) is 12.5. The van der Waals surface area contributed by atoms with E-state index in [1.54, 1.807) is 0 Å². The normalized spacial score (nSPS) is 11.5. The number of carbonyl (C=O) groups is 2. The number of unbranched alkanes of at least 4 members (excludes halogenated alkanes) is 5. The standard InChI is InChI=1S/C29H42O4/c1-2-3-4-5-6-7-8-9-10-11-12-13-14-15-19-23-28(30)32-24-20-25-33-29(31)26-27-21-17-16-18-22-27/h6-7,9-10,12-13,16-18,21-22H,2-5,8,11,14-15,19-20,23-26H2,1H3. The Morgan fingerprint density at radius 1 is 0.697 bits per heavy atom. The van der Waals surface area contributed by atoms with Crippen LogP contribution in [0.15, 0.2) is 66.8 Å². The molecule has 0 radical (unpaired) electrons. The monoisotopic (exact) mass is 454 g/mol. The van der Waals surface area contributed by atoms with Gasteiger partial charge in [-0.2, -0.15) is 0 Å². The summed E-state index contributed by atoms with van der Waals surface area (Å²) in [6.45, 7) is 2.79. The molecule has 0 amide bonds. The number of benzene rings is 1. The third kappa shape index (κ3) is 18.6. The highest BCUT2D eigenvalue weighted by atomic mass is 16.5. The first kappa shape index (κ1) is 28.4. The van der Waals surface area contributed by atoms with Crippen molar-refractivity contribution in [1.29, 1.82) is 0 Å². The Balaban J connectivity index is 1.89. The number of allylic oxidation sites excluding steroid dienone is 6. The van der Waals surface area contributed by atoms with Gasteiger partial charge in [-0.05, 0) is 50.5 Å². The van der Waals surface area contributed by atoms with Crippen LogP contribution >= 0.6 is 0 Å². The molecule has 4 nitrogen and oxygen atoms in total. The molecule has 1 rings (SSSR count). The molecule has 0 heterocycles. The number of carbonyl (C=O) groups excluding carboxylic acids is 2. The average Bonchev–Trinajstić information content (AvgIpc) is 2.82. The third-order valence-electron chi connectivity index (χ3n) is 5.03. The van der Waals surface area contributed by atoms with Crippen LogP contribution in [0.3, 0.4) is 0 Å². The number of ether oxygens (including phenoxy) is 2. The molecule has 0 aliphatic rings. The molecule has 0 bridgehead atoms. The van der Waals surface area contributed by atoms with Gasteiger partial charge in [0.05, 0.1) is 19.6 Å². The Morgan fingerprint density at radius 2 is 1.27 bits per heavy atom. The summed E-state index contributed by atoms with van der Waals surface area (Å²) >= 11 is 0. The molecule has 0 saturated heterocycles. The van der Waals surface area contributed by atoms with Gasteiger partial charge in [0.2, 0.25) is 0 Å². The van der Waals surface area contributed by atoms with Crippen molar-refractivity contribution in [3.63, 3.8) is 0 Å². The minimum absolute atomic E-state index is 0.180. The highest BCUT2D eigenvalue weighted by Gasteiger charge is 2.05. The van der Waals surface area contributed by atoms with Crippen molar-refractivity contribution in [3.8, 4) is 0 Å². The average molecular weight is 455 g/mol. The molecule has 0 aliphatic heterocycles. The maximum absolute atomic E-state index is 11.8. The largest absolute Gasteiger partial charge is 0.466 e. The second-order valence-corrected chi connectivity index (χ2v) is 8.08. The lowest BCUT2D eigenvalue weighted by Crippen LogP contribution is -2.12. The van der Waals surface area contributed by atoms with E-state index in [0.29, 0.717) is 12.8 Å². The van der Waals surface area contributed by atoms with E-state index >= 15 is 0 Å². The van der Waals surface area contributed by atoms with E-state index in [0.717, 1.165) is 37.7 Å². The Labute approximate surface area is 200 Å². The maximum Gasteiger partial charge on any atom is 0.310 e. The third-order valence-corrected chi connectivity index (χ3v) is 5.03. The van der Waals surface area contributed by atoms with Gasteiger partial charge < -0.3 is 9.47 Å². The van der Waals surface area contributed by atoms with Gasteiger partial charge in [-0.1, -0.05) is 86.6 Å². The van der Waals surface area contributed by atoms with Crippen LogP contribution in [0.5, 0.6) is 0 Å². The van der Waals surface area contributed by atoms with E-state index in [4.69, 9.17) is 9.47 Å². The van der Waals surface area contributed by atoms with E-state index in [1.165, 1.54) is 25.7 Å². The van der Waals surface area contributed by atoms with Crippen LogP contribution in [0.25, 0.3) is 0 Å². The van der Waals surface area contributed by atoms with E-state index in [-0.39, 0.29) is 31.6 Å². The Morgan fingerprint density at radius 3 is 1.91 bits per heavy atom. The summed E-state index contributed by atoms with van der Waals surface area (Å²) in [5.41, 5.74) is 0.932. The van der Waals surface area contributed by atoms with Crippen LogP contribution in [-0.4, -0.2) is 25.2 Å².